The molecule has 0 N–H and O–H groups in total. The number of hydrogen-bond acceptors (Lipinski definition) is 4. The number of carbonyl (C=O) groups is 3. The lowest BCUT2D eigenvalue weighted by atomic mass is 9.76. The van der Waals surface area contributed by atoms with Crippen LogP contribution < -0.4 is 0 Å². The number of hydrogen-bond donors (Lipinski definition) is 0. The summed E-state index contributed by atoms with van der Waals surface area (Å²) in [7, 11) is 0. The third kappa shape index (κ3) is 3.44. The van der Waals surface area contributed by atoms with E-state index in [1.165, 1.54) is 0 Å². The van der Waals surface area contributed by atoms with Crippen LogP contribution in [-0.2, 0) is 19.1 Å². The average Bonchev–Trinajstić information content (AvgIpc) is 3.25. The molecule has 7 unspecified atom stereocenters. The van der Waals surface area contributed by atoms with Crippen LogP contribution in [0.15, 0.2) is 12.2 Å². The van der Waals surface area contributed by atoms with Gasteiger partial charge in [-0.15, -0.1) is 0 Å². The fraction of sp³-hybridized carbons (Fsp3) is 0.792. The van der Waals surface area contributed by atoms with Gasteiger partial charge in [0.1, 0.15) is 6.10 Å². The molecule has 5 heteroatoms. The zero-order valence-electron chi connectivity index (χ0n) is 18.3. The van der Waals surface area contributed by atoms with Gasteiger partial charge in [0.15, 0.2) is 5.78 Å². The lowest BCUT2D eigenvalue weighted by molar-refractivity contribution is -0.165. The largest absolute Gasteiger partial charge is 0.460 e. The zero-order valence-corrected chi connectivity index (χ0v) is 18.3. The molecule has 0 radical (unpaired) electrons. The van der Waals surface area contributed by atoms with Gasteiger partial charge in [-0.25, -0.2) is 0 Å². The summed E-state index contributed by atoms with van der Waals surface area (Å²) in [5, 5.41) is 0. The van der Waals surface area contributed by atoms with Gasteiger partial charge < -0.3 is 9.64 Å². The minimum atomic E-state index is -0.264. The predicted octanol–water partition coefficient (Wildman–Crippen LogP) is 3.91. The third-order valence-corrected chi connectivity index (χ3v) is 7.85. The van der Waals surface area contributed by atoms with Gasteiger partial charge in [0, 0.05) is 17.9 Å². The van der Waals surface area contributed by atoms with E-state index in [2.05, 4.69) is 27.4 Å². The van der Waals surface area contributed by atoms with Crippen molar-refractivity contribution in [1.82, 2.24) is 4.90 Å². The van der Waals surface area contributed by atoms with E-state index < -0.39 is 0 Å². The van der Waals surface area contributed by atoms with Crippen LogP contribution in [0.5, 0.6) is 0 Å². The molecule has 1 heterocycles. The highest BCUT2D eigenvalue weighted by Gasteiger charge is 2.66. The first-order chi connectivity index (χ1) is 13.6. The maximum atomic E-state index is 13.2. The first-order valence-corrected chi connectivity index (χ1v) is 11.3. The molecule has 0 aromatic heterocycles. The van der Waals surface area contributed by atoms with Gasteiger partial charge in [0.25, 0.3) is 0 Å². The van der Waals surface area contributed by atoms with Gasteiger partial charge in [0.2, 0.25) is 5.91 Å². The fourth-order valence-corrected chi connectivity index (χ4v) is 6.57. The molecule has 4 aliphatic rings. The Morgan fingerprint density at radius 3 is 2.52 bits per heavy atom. The first kappa shape index (κ1) is 20.6. The van der Waals surface area contributed by atoms with E-state index in [1.807, 2.05) is 4.90 Å². The molecule has 29 heavy (non-hydrogen) atoms. The Kier molecular flexibility index (Phi) is 5.15. The van der Waals surface area contributed by atoms with Crippen LogP contribution in [0.4, 0.5) is 0 Å². The van der Waals surface area contributed by atoms with Gasteiger partial charge in [-0.1, -0.05) is 19.4 Å². The quantitative estimate of drug-likeness (QED) is 0.518. The molecule has 7 atom stereocenters. The second-order valence-corrected chi connectivity index (χ2v) is 10.8. The molecule has 1 amide bonds. The van der Waals surface area contributed by atoms with Crippen LogP contribution in [0.25, 0.3) is 0 Å². The number of rotatable bonds is 5. The minimum Gasteiger partial charge on any atom is -0.460 e. The topological polar surface area (TPSA) is 63.7 Å². The molecule has 0 aromatic rings. The Hall–Kier alpha value is -1.65. The summed E-state index contributed by atoms with van der Waals surface area (Å²) in [5.74, 6) is 0.749. The molecule has 1 aliphatic heterocycles. The second-order valence-electron chi connectivity index (χ2n) is 10.8. The van der Waals surface area contributed by atoms with E-state index in [4.69, 9.17) is 4.74 Å². The Morgan fingerprint density at radius 2 is 1.86 bits per heavy atom. The summed E-state index contributed by atoms with van der Waals surface area (Å²) < 4.78 is 6.19. The van der Waals surface area contributed by atoms with Crippen LogP contribution in [0, 0.1) is 29.6 Å². The zero-order chi connectivity index (χ0) is 21.1. The van der Waals surface area contributed by atoms with E-state index in [0.29, 0.717) is 23.8 Å². The molecule has 0 spiro atoms. The molecule has 5 nitrogen and oxygen atoms in total. The summed E-state index contributed by atoms with van der Waals surface area (Å²) in [4.78, 5) is 40.5. The van der Waals surface area contributed by atoms with Crippen molar-refractivity contribution in [3.8, 4) is 0 Å². The molecular formula is C24H35NO4. The van der Waals surface area contributed by atoms with Crippen LogP contribution in [0.2, 0.25) is 0 Å². The van der Waals surface area contributed by atoms with Crippen molar-refractivity contribution in [2.45, 2.75) is 90.3 Å². The van der Waals surface area contributed by atoms with E-state index >= 15 is 0 Å². The van der Waals surface area contributed by atoms with Gasteiger partial charge in [-0.3, -0.25) is 14.4 Å². The van der Waals surface area contributed by atoms with Crippen LogP contribution in [-0.4, -0.2) is 40.2 Å². The van der Waals surface area contributed by atoms with E-state index in [-0.39, 0.29) is 53.1 Å². The number of amides is 1. The van der Waals surface area contributed by atoms with Crippen LogP contribution in [0.3, 0.4) is 0 Å². The lowest BCUT2D eigenvalue weighted by Crippen LogP contribution is -2.52. The highest BCUT2D eigenvalue weighted by molar-refractivity contribution is 5.94. The number of Topliss-reactive ketones (excluding diaryl/α,β-unsaturated/α-hetero) is 1. The normalized spacial score (nSPS) is 38.4. The molecule has 3 saturated carbocycles. The number of likely N-dealkylation sites (tertiary alicyclic amines) is 1. The lowest BCUT2D eigenvalue weighted by Gasteiger charge is -2.40. The molecule has 2 bridgehead atoms. The first-order valence-electron chi connectivity index (χ1n) is 11.3. The average molecular weight is 402 g/mol. The Balaban J connectivity index is 1.50. The summed E-state index contributed by atoms with van der Waals surface area (Å²) >= 11 is 0. The number of carbonyl (C=O) groups excluding carboxylic acids is 3. The Bertz CT molecular complexity index is 736. The number of ketones is 1. The Morgan fingerprint density at radius 1 is 1.17 bits per heavy atom. The smallest absolute Gasteiger partial charge is 0.309 e. The van der Waals surface area contributed by atoms with E-state index in [9.17, 15) is 14.4 Å². The van der Waals surface area contributed by atoms with Crippen molar-refractivity contribution in [1.29, 1.82) is 0 Å². The maximum Gasteiger partial charge on any atom is 0.309 e. The minimum absolute atomic E-state index is 0.0225. The molecule has 0 aromatic carbocycles. The SMILES string of the molecule is C=C(C)C(=O)CC1CCCCC1C(=O)OC1C2CC3C(=O)N(C(C)(C)C)C1C3C2. The number of ether oxygens (including phenoxy) is 1. The summed E-state index contributed by atoms with van der Waals surface area (Å²) in [6, 6.07) is 0.0225. The summed E-state index contributed by atoms with van der Waals surface area (Å²) in [5.41, 5.74) is 0.298. The van der Waals surface area contributed by atoms with Gasteiger partial charge in [0.05, 0.1) is 12.0 Å². The fourth-order valence-electron chi connectivity index (χ4n) is 6.57. The highest BCUT2D eigenvalue weighted by atomic mass is 16.5. The number of allylic oxidation sites excluding steroid dienone is 1. The molecule has 4 fully saturated rings. The summed E-state index contributed by atoms with van der Waals surface area (Å²) in [6.07, 6.45) is 5.81. The standard InChI is InChI=1S/C24H35NO4/c1-13(2)19(26)12-14-8-6-7-9-16(14)23(28)29-21-15-10-17-18(11-15)22(27)25(20(17)21)24(3,4)5/h14-18,20-21H,1,6-12H2,2-5H3. The van der Waals surface area contributed by atoms with Crippen molar-refractivity contribution < 1.29 is 19.1 Å². The predicted molar refractivity (Wildman–Crippen MR) is 110 cm³/mol. The summed E-state index contributed by atoms with van der Waals surface area (Å²) in [6.45, 7) is 11.7. The third-order valence-electron chi connectivity index (χ3n) is 7.85. The van der Waals surface area contributed by atoms with Crippen molar-refractivity contribution in [3.63, 3.8) is 0 Å². The molecule has 4 rings (SSSR count). The highest BCUT2D eigenvalue weighted by Crippen LogP contribution is 2.58. The van der Waals surface area contributed by atoms with E-state index in [0.717, 1.165) is 38.5 Å². The molecular weight excluding hydrogens is 366 g/mol. The molecule has 3 aliphatic carbocycles. The van der Waals surface area contributed by atoms with Crippen molar-refractivity contribution in [2.24, 2.45) is 29.6 Å². The van der Waals surface area contributed by atoms with Crippen LogP contribution >= 0.6 is 0 Å². The van der Waals surface area contributed by atoms with Gasteiger partial charge in [-0.2, -0.15) is 0 Å². The second kappa shape index (κ2) is 7.24. The number of fused-ring (bicyclic) bond motifs is 1. The van der Waals surface area contributed by atoms with Crippen molar-refractivity contribution >= 4 is 17.7 Å². The Labute approximate surface area is 174 Å². The van der Waals surface area contributed by atoms with E-state index in [1.54, 1.807) is 6.92 Å². The van der Waals surface area contributed by atoms with Crippen molar-refractivity contribution in [3.05, 3.63) is 12.2 Å². The van der Waals surface area contributed by atoms with Crippen molar-refractivity contribution in [2.75, 3.05) is 0 Å². The number of nitrogens with zero attached hydrogens (tertiary/aromatic N) is 1. The van der Waals surface area contributed by atoms with Crippen LogP contribution in [0.1, 0.15) is 72.6 Å². The monoisotopic (exact) mass is 401 g/mol. The number of esters is 1. The maximum absolute atomic E-state index is 13.2. The van der Waals surface area contributed by atoms with Gasteiger partial charge >= 0.3 is 5.97 Å². The molecule has 160 valence electrons. The van der Waals surface area contributed by atoms with Gasteiger partial charge in [-0.05, 0) is 76.7 Å². The molecule has 1 saturated heterocycles.